The van der Waals surface area contributed by atoms with Gasteiger partial charge in [0.15, 0.2) is 0 Å². The lowest BCUT2D eigenvalue weighted by atomic mass is 10.2. The van der Waals surface area contributed by atoms with Gasteiger partial charge < -0.3 is 16.4 Å². The first-order chi connectivity index (χ1) is 5.76. The maximum absolute atomic E-state index is 5.70. The number of hydrogen-bond acceptors (Lipinski definition) is 3. The molecule has 0 aliphatic rings. The van der Waals surface area contributed by atoms with E-state index in [1.807, 2.05) is 26.2 Å². The van der Waals surface area contributed by atoms with E-state index in [9.17, 15) is 0 Å². The molecule has 66 valence electrons. The van der Waals surface area contributed by atoms with Gasteiger partial charge in [0.1, 0.15) is 0 Å². The average molecular weight is 165 g/mol. The quantitative estimate of drug-likeness (QED) is 0.586. The summed E-state index contributed by atoms with van der Waals surface area (Å²) in [4.78, 5) is 0. The highest BCUT2D eigenvalue weighted by Gasteiger charge is 1.95. The summed E-state index contributed by atoms with van der Waals surface area (Å²) >= 11 is 0. The summed E-state index contributed by atoms with van der Waals surface area (Å²) in [7, 11) is 3.81. The van der Waals surface area contributed by atoms with E-state index in [0.29, 0.717) is 0 Å². The number of nitrogen functional groups attached to an aromatic ring is 1. The lowest BCUT2D eigenvalue weighted by Gasteiger charge is -2.06. The summed E-state index contributed by atoms with van der Waals surface area (Å²) in [6.45, 7) is 0.847. The van der Waals surface area contributed by atoms with Gasteiger partial charge in [-0.2, -0.15) is 0 Å². The second-order valence-corrected chi connectivity index (χ2v) is 2.74. The Balaban J connectivity index is 2.90. The van der Waals surface area contributed by atoms with Crippen LogP contribution in [-0.2, 0) is 6.54 Å². The minimum Gasteiger partial charge on any atom is -0.399 e. The van der Waals surface area contributed by atoms with Crippen molar-refractivity contribution in [1.29, 1.82) is 0 Å². The van der Waals surface area contributed by atoms with E-state index in [4.69, 9.17) is 5.73 Å². The van der Waals surface area contributed by atoms with Crippen LogP contribution in [0.15, 0.2) is 18.2 Å². The van der Waals surface area contributed by atoms with Gasteiger partial charge in [-0.25, -0.2) is 0 Å². The maximum atomic E-state index is 5.70. The molecule has 0 unspecified atom stereocenters. The van der Waals surface area contributed by atoms with E-state index in [2.05, 4.69) is 16.7 Å². The zero-order valence-corrected chi connectivity index (χ0v) is 7.52. The third-order valence-corrected chi connectivity index (χ3v) is 1.68. The van der Waals surface area contributed by atoms with E-state index in [-0.39, 0.29) is 0 Å². The summed E-state index contributed by atoms with van der Waals surface area (Å²) in [6, 6.07) is 5.96. The molecule has 4 N–H and O–H groups in total. The molecule has 0 saturated heterocycles. The first-order valence-electron chi connectivity index (χ1n) is 3.98. The van der Waals surface area contributed by atoms with E-state index < -0.39 is 0 Å². The normalized spacial score (nSPS) is 9.83. The van der Waals surface area contributed by atoms with Gasteiger partial charge in [-0.05, 0) is 30.8 Å². The number of benzene rings is 1. The third kappa shape index (κ3) is 2.13. The van der Waals surface area contributed by atoms with Gasteiger partial charge in [-0.1, -0.05) is 0 Å². The summed E-state index contributed by atoms with van der Waals surface area (Å²) < 4.78 is 0. The van der Waals surface area contributed by atoms with Crippen molar-refractivity contribution >= 4 is 11.4 Å². The van der Waals surface area contributed by atoms with Gasteiger partial charge in [-0.3, -0.25) is 0 Å². The SMILES string of the molecule is CNCc1cc(N)cc(NC)c1. The Bertz CT molecular complexity index is 258. The minimum atomic E-state index is 0.798. The highest BCUT2D eigenvalue weighted by Crippen LogP contribution is 2.15. The highest BCUT2D eigenvalue weighted by molar-refractivity contribution is 5.56. The molecule has 0 amide bonds. The zero-order chi connectivity index (χ0) is 8.97. The van der Waals surface area contributed by atoms with E-state index >= 15 is 0 Å². The van der Waals surface area contributed by atoms with Crippen LogP contribution in [0.5, 0.6) is 0 Å². The van der Waals surface area contributed by atoms with Crippen LogP contribution in [0.3, 0.4) is 0 Å². The van der Waals surface area contributed by atoms with Crippen molar-refractivity contribution in [2.45, 2.75) is 6.54 Å². The Hall–Kier alpha value is -1.22. The van der Waals surface area contributed by atoms with Gasteiger partial charge in [0.25, 0.3) is 0 Å². The molecule has 0 saturated carbocycles. The molecule has 1 rings (SSSR count). The number of nitrogens with two attached hydrogens (primary N) is 1. The molecule has 0 heterocycles. The van der Waals surface area contributed by atoms with Crippen molar-refractivity contribution < 1.29 is 0 Å². The standard InChI is InChI=1S/C9H15N3/c1-11-6-7-3-8(10)5-9(4-7)12-2/h3-5,11-12H,6,10H2,1-2H3. The number of nitrogens with one attached hydrogen (secondary N) is 2. The van der Waals surface area contributed by atoms with Crippen LogP contribution >= 0.6 is 0 Å². The van der Waals surface area contributed by atoms with E-state index in [0.717, 1.165) is 17.9 Å². The molecule has 0 aliphatic heterocycles. The van der Waals surface area contributed by atoms with Crippen molar-refractivity contribution in [3.63, 3.8) is 0 Å². The fourth-order valence-electron chi connectivity index (χ4n) is 1.17. The smallest absolute Gasteiger partial charge is 0.0361 e. The van der Waals surface area contributed by atoms with Crippen molar-refractivity contribution in [3.05, 3.63) is 23.8 Å². The summed E-state index contributed by atoms with van der Waals surface area (Å²) in [6.07, 6.45) is 0. The van der Waals surface area contributed by atoms with Crippen LogP contribution in [0, 0.1) is 0 Å². The van der Waals surface area contributed by atoms with Crippen LogP contribution in [-0.4, -0.2) is 14.1 Å². The molecule has 0 aromatic heterocycles. The summed E-state index contributed by atoms with van der Waals surface area (Å²) in [5.74, 6) is 0. The number of anilines is 2. The van der Waals surface area contributed by atoms with Crippen molar-refractivity contribution in [3.8, 4) is 0 Å². The number of hydrogen-bond donors (Lipinski definition) is 3. The molecular weight excluding hydrogens is 150 g/mol. The molecule has 0 bridgehead atoms. The molecule has 3 nitrogen and oxygen atoms in total. The lowest BCUT2D eigenvalue weighted by Crippen LogP contribution is -2.06. The molecular formula is C9H15N3. The molecule has 0 aliphatic carbocycles. The topological polar surface area (TPSA) is 50.1 Å². The van der Waals surface area contributed by atoms with Crippen molar-refractivity contribution in [1.82, 2.24) is 5.32 Å². The fraction of sp³-hybridized carbons (Fsp3) is 0.333. The molecule has 12 heavy (non-hydrogen) atoms. The predicted octanol–water partition coefficient (Wildman–Crippen LogP) is 1.03. The van der Waals surface area contributed by atoms with Gasteiger partial charge >= 0.3 is 0 Å². The predicted molar refractivity (Wildman–Crippen MR) is 53.2 cm³/mol. The zero-order valence-electron chi connectivity index (χ0n) is 7.52. The summed E-state index contributed by atoms with van der Waals surface area (Å²) in [5, 5.41) is 6.14. The Morgan fingerprint density at radius 2 is 2.00 bits per heavy atom. The minimum absolute atomic E-state index is 0.798. The van der Waals surface area contributed by atoms with Gasteiger partial charge in [0.05, 0.1) is 0 Å². The largest absolute Gasteiger partial charge is 0.399 e. The molecule has 0 radical (unpaired) electrons. The Morgan fingerprint density at radius 1 is 1.25 bits per heavy atom. The molecule has 0 fully saturated rings. The van der Waals surface area contributed by atoms with Gasteiger partial charge in [-0.15, -0.1) is 0 Å². The molecule has 0 spiro atoms. The van der Waals surface area contributed by atoms with E-state index in [1.54, 1.807) is 0 Å². The Morgan fingerprint density at radius 3 is 2.58 bits per heavy atom. The molecule has 3 heteroatoms. The first kappa shape index (κ1) is 8.87. The Labute approximate surface area is 73.0 Å². The monoisotopic (exact) mass is 165 g/mol. The van der Waals surface area contributed by atoms with Crippen molar-refractivity contribution in [2.75, 3.05) is 25.1 Å². The second-order valence-electron chi connectivity index (χ2n) is 2.74. The highest BCUT2D eigenvalue weighted by atomic mass is 14.8. The number of rotatable bonds is 3. The van der Waals surface area contributed by atoms with E-state index in [1.165, 1.54) is 5.56 Å². The van der Waals surface area contributed by atoms with Crippen LogP contribution in [0.4, 0.5) is 11.4 Å². The third-order valence-electron chi connectivity index (χ3n) is 1.68. The first-order valence-corrected chi connectivity index (χ1v) is 3.98. The maximum Gasteiger partial charge on any atom is 0.0361 e. The molecule has 0 atom stereocenters. The molecule has 1 aromatic rings. The fourth-order valence-corrected chi connectivity index (χ4v) is 1.17. The van der Waals surface area contributed by atoms with Crippen LogP contribution < -0.4 is 16.4 Å². The Kier molecular flexibility index (Phi) is 2.94. The lowest BCUT2D eigenvalue weighted by molar-refractivity contribution is 0.818. The van der Waals surface area contributed by atoms with Crippen LogP contribution in [0.1, 0.15) is 5.56 Å². The van der Waals surface area contributed by atoms with Gasteiger partial charge in [0.2, 0.25) is 0 Å². The van der Waals surface area contributed by atoms with Crippen LogP contribution in [0.25, 0.3) is 0 Å². The van der Waals surface area contributed by atoms with Gasteiger partial charge in [0, 0.05) is 25.0 Å². The van der Waals surface area contributed by atoms with Crippen LogP contribution in [0.2, 0.25) is 0 Å². The average Bonchev–Trinajstić information content (AvgIpc) is 2.04. The summed E-state index contributed by atoms with van der Waals surface area (Å²) in [5.41, 5.74) is 8.75. The van der Waals surface area contributed by atoms with Crippen molar-refractivity contribution in [2.24, 2.45) is 0 Å². The molecule has 1 aromatic carbocycles. The second kappa shape index (κ2) is 3.97.